The fourth-order valence-corrected chi connectivity index (χ4v) is 3.14. The molecule has 4 heteroatoms. The Balaban J connectivity index is 0.00000128. The molecule has 0 radical (unpaired) electrons. The van der Waals surface area contributed by atoms with Crippen LogP contribution < -0.4 is 5.32 Å². The fourth-order valence-electron chi connectivity index (χ4n) is 3.14. The largest absolute Gasteiger partial charge is 0.357 e. The predicted molar refractivity (Wildman–Crippen MR) is 79.5 cm³/mol. The normalized spacial score (nSPS) is 23.6. The lowest BCUT2D eigenvalue weighted by atomic mass is 9.86. The molecule has 1 aliphatic carbocycles. The van der Waals surface area contributed by atoms with Crippen LogP contribution in [0.3, 0.4) is 0 Å². The summed E-state index contributed by atoms with van der Waals surface area (Å²) in [5, 5.41) is 3.36. The third-order valence-electron chi connectivity index (χ3n) is 3.95. The summed E-state index contributed by atoms with van der Waals surface area (Å²) in [6, 6.07) is 0. The smallest absolute Gasteiger partial charge is 0.193 e. The lowest BCUT2D eigenvalue weighted by Crippen LogP contribution is -2.40. The molecule has 0 aromatic carbocycles. The number of likely N-dealkylation sites (tertiary alicyclic amines) is 1. The van der Waals surface area contributed by atoms with Gasteiger partial charge < -0.3 is 10.2 Å². The maximum atomic E-state index is 4.35. The van der Waals surface area contributed by atoms with Crippen molar-refractivity contribution < 1.29 is 0 Å². The van der Waals surface area contributed by atoms with Crippen LogP contribution in [-0.2, 0) is 0 Å². The van der Waals surface area contributed by atoms with Crippen LogP contribution >= 0.6 is 24.0 Å². The zero-order valence-corrected chi connectivity index (χ0v) is 12.8. The van der Waals surface area contributed by atoms with Crippen molar-refractivity contribution in [3.05, 3.63) is 0 Å². The van der Waals surface area contributed by atoms with Gasteiger partial charge in [0, 0.05) is 26.7 Å². The third kappa shape index (κ3) is 2.81. The van der Waals surface area contributed by atoms with E-state index in [1.165, 1.54) is 45.2 Å². The summed E-state index contributed by atoms with van der Waals surface area (Å²) >= 11 is 0. The van der Waals surface area contributed by atoms with Crippen LogP contribution in [0.1, 0.15) is 39.0 Å². The molecule has 2 aliphatic rings. The minimum atomic E-state index is 0. The average molecular weight is 337 g/mol. The minimum absolute atomic E-state index is 0. The molecular weight excluding hydrogens is 313 g/mol. The summed E-state index contributed by atoms with van der Waals surface area (Å²) in [5.74, 6) is 1.10. The number of hydrogen-bond donors (Lipinski definition) is 1. The van der Waals surface area contributed by atoms with E-state index in [4.69, 9.17) is 0 Å². The molecule has 1 spiro atoms. The molecular formula is C12H24IN3. The monoisotopic (exact) mass is 337 g/mol. The summed E-state index contributed by atoms with van der Waals surface area (Å²) in [6.45, 7) is 5.52. The fraction of sp³-hybridized carbons (Fsp3) is 0.917. The van der Waals surface area contributed by atoms with Gasteiger partial charge in [0.15, 0.2) is 5.96 Å². The van der Waals surface area contributed by atoms with Crippen molar-refractivity contribution in [2.75, 3.05) is 26.7 Å². The summed E-state index contributed by atoms with van der Waals surface area (Å²) in [5.41, 5.74) is 0.644. The van der Waals surface area contributed by atoms with Crippen molar-refractivity contribution >= 4 is 29.9 Å². The van der Waals surface area contributed by atoms with Crippen LogP contribution in [0.15, 0.2) is 4.99 Å². The number of aliphatic imine (C=N–C) groups is 1. The quantitative estimate of drug-likeness (QED) is 0.452. The summed E-state index contributed by atoms with van der Waals surface area (Å²) in [7, 11) is 1.89. The highest BCUT2D eigenvalue weighted by Gasteiger charge is 2.40. The van der Waals surface area contributed by atoms with Gasteiger partial charge >= 0.3 is 0 Å². The molecule has 0 aromatic heterocycles. The Morgan fingerprint density at radius 1 is 1.31 bits per heavy atom. The molecule has 16 heavy (non-hydrogen) atoms. The van der Waals surface area contributed by atoms with Gasteiger partial charge in [-0.2, -0.15) is 0 Å². The molecule has 1 heterocycles. The van der Waals surface area contributed by atoms with E-state index in [1.807, 2.05) is 7.05 Å². The Morgan fingerprint density at radius 3 is 2.56 bits per heavy atom. The van der Waals surface area contributed by atoms with Crippen molar-refractivity contribution in [2.45, 2.75) is 39.0 Å². The SMILES string of the molecule is CCNC(=NC)N1CCC2(CCCC2)C1.I. The average Bonchev–Trinajstić information content (AvgIpc) is 2.86. The van der Waals surface area contributed by atoms with Gasteiger partial charge in [0.25, 0.3) is 0 Å². The summed E-state index contributed by atoms with van der Waals surface area (Å²) in [6.07, 6.45) is 7.12. The Bertz CT molecular complexity index is 247. The zero-order valence-electron chi connectivity index (χ0n) is 10.5. The Hall–Kier alpha value is 0. The van der Waals surface area contributed by atoms with Gasteiger partial charge in [0.05, 0.1) is 0 Å². The van der Waals surface area contributed by atoms with Crippen molar-refractivity contribution in [2.24, 2.45) is 10.4 Å². The van der Waals surface area contributed by atoms with E-state index in [-0.39, 0.29) is 24.0 Å². The van der Waals surface area contributed by atoms with E-state index in [2.05, 4.69) is 22.1 Å². The molecule has 1 aliphatic heterocycles. The predicted octanol–water partition coefficient (Wildman–Crippen LogP) is 2.47. The maximum absolute atomic E-state index is 4.35. The van der Waals surface area contributed by atoms with Crippen LogP contribution in [0.4, 0.5) is 0 Å². The van der Waals surface area contributed by atoms with Crippen LogP contribution in [0.5, 0.6) is 0 Å². The Kier molecular flexibility index (Phi) is 5.34. The zero-order chi connectivity index (χ0) is 10.7. The minimum Gasteiger partial charge on any atom is -0.357 e. The molecule has 0 amide bonds. The second-order valence-corrected chi connectivity index (χ2v) is 4.96. The second-order valence-electron chi connectivity index (χ2n) is 4.96. The topological polar surface area (TPSA) is 27.6 Å². The summed E-state index contributed by atoms with van der Waals surface area (Å²) < 4.78 is 0. The first-order valence-electron chi connectivity index (χ1n) is 6.25. The van der Waals surface area contributed by atoms with Crippen molar-refractivity contribution in [1.82, 2.24) is 10.2 Å². The number of nitrogens with one attached hydrogen (secondary N) is 1. The standard InChI is InChI=1S/C12H23N3.HI/c1-3-14-11(13-2)15-9-8-12(10-15)6-4-5-7-12;/h3-10H2,1-2H3,(H,13,14);1H. The van der Waals surface area contributed by atoms with Gasteiger partial charge in [-0.25, -0.2) is 0 Å². The molecule has 3 nitrogen and oxygen atoms in total. The molecule has 1 N–H and O–H groups in total. The van der Waals surface area contributed by atoms with Gasteiger partial charge in [-0.1, -0.05) is 12.8 Å². The van der Waals surface area contributed by atoms with Crippen LogP contribution in [0.25, 0.3) is 0 Å². The van der Waals surface area contributed by atoms with E-state index in [1.54, 1.807) is 0 Å². The molecule has 0 unspecified atom stereocenters. The molecule has 2 fully saturated rings. The first kappa shape index (κ1) is 14.1. The molecule has 0 bridgehead atoms. The third-order valence-corrected chi connectivity index (χ3v) is 3.95. The highest BCUT2D eigenvalue weighted by Crippen LogP contribution is 2.45. The second kappa shape index (κ2) is 6.07. The highest BCUT2D eigenvalue weighted by molar-refractivity contribution is 14.0. The van der Waals surface area contributed by atoms with E-state index in [9.17, 15) is 0 Å². The van der Waals surface area contributed by atoms with E-state index in [0.29, 0.717) is 5.41 Å². The first-order chi connectivity index (χ1) is 7.29. The molecule has 1 saturated carbocycles. The number of halogens is 1. The Labute approximate surface area is 116 Å². The van der Waals surface area contributed by atoms with E-state index >= 15 is 0 Å². The first-order valence-corrected chi connectivity index (χ1v) is 6.25. The number of guanidine groups is 1. The van der Waals surface area contributed by atoms with E-state index in [0.717, 1.165) is 12.5 Å². The maximum Gasteiger partial charge on any atom is 0.193 e. The van der Waals surface area contributed by atoms with Gasteiger partial charge in [0.1, 0.15) is 0 Å². The van der Waals surface area contributed by atoms with Crippen LogP contribution in [0, 0.1) is 5.41 Å². The molecule has 0 aromatic rings. The van der Waals surface area contributed by atoms with Gasteiger partial charge in [-0.3, -0.25) is 4.99 Å². The van der Waals surface area contributed by atoms with Gasteiger partial charge in [-0.15, -0.1) is 24.0 Å². The lowest BCUT2D eigenvalue weighted by molar-refractivity contribution is 0.309. The molecule has 2 rings (SSSR count). The van der Waals surface area contributed by atoms with Gasteiger partial charge in [-0.05, 0) is 31.6 Å². The van der Waals surface area contributed by atoms with E-state index < -0.39 is 0 Å². The number of nitrogens with zero attached hydrogens (tertiary/aromatic N) is 2. The van der Waals surface area contributed by atoms with Crippen molar-refractivity contribution in [1.29, 1.82) is 0 Å². The molecule has 1 saturated heterocycles. The Morgan fingerprint density at radius 2 is 2.00 bits per heavy atom. The van der Waals surface area contributed by atoms with Gasteiger partial charge in [0.2, 0.25) is 0 Å². The lowest BCUT2D eigenvalue weighted by Gasteiger charge is -2.25. The molecule has 94 valence electrons. The van der Waals surface area contributed by atoms with Crippen molar-refractivity contribution in [3.8, 4) is 0 Å². The number of rotatable bonds is 1. The van der Waals surface area contributed by atoms with Crippen molar-refractivity contribution in [3.63, 3.8) is 0 Å². The van der Waals surface area contributed by atoms with Crippen LogP contribution in [0.2, 0.25) is 0 Å². The summed E-state index contributed by atoms with van der Waals surface area (Å²) in [4.78, 5) is 6.79. The van der Waals surface area contributed by atoms with Crippen LogP contribution in [-0.4, -0.2) is 37.5 Å². The molecule has 0 atom stereocenters. The highest BCUT2D eigenvalue weighted by atomic mass is 127. The number of hydrogen-bond acceptors (Lipinski definition) is 1.